The standard InChI is InChI=1S/C27H32ClN3O5/c1-15(2)25-29-30-26-21(14-22(32)36-27(3,4)5)35-23(17-9-8-10-20(33-6)24(17)34-7)18-13-16(28)11-12-19(18)31(25)26/h8-13,15,21,23H,14H2,1-7H3. The van der Waals surface area contributed by atoms with Crippen molar-refractivity contribution < 1.29 is 23.7 Å². The van der Waals surface area contributed by atoms with Crippen molar-refractivity contribution in [3.8, 4) is 17.2 Å². The molecule has 0 radical (unpaired) electrons. The Morgan fingerprint density at radius 1 is 1.11 bits per heavy atom. The lowest BCUT2D eigenvalue weighted by Crippen LogP contribution is -2.26. The molecule has 3 aromatic rings. The Kier molecular flexibility index (Phi) is 7.29. The number of fused-ring (bicyclic) bond motifs is 3. The molecular weight excluding hydrogens is 482 g/mol. The van der Waals surface area contributed by atoms with Gasteiger partial charge in [-0.05, 0) is 45.0 Å². The highest BCUT2D eigenvalue weighted by atomic mass is 35.5. The van der Waals surface area contributed by atoms with Gasteiger partial charge in [0.1, 0.15) is 23.6 Å². The van der Waals surface area contributed by atoms with E-state index < -0.39 is 23.8 Å². The summed E-state index contributed by atoms with van der Waals surface area (Å²) in [6.07, 6.45) is -1.43. The SMILES string of the molecule is COc1cccc(C2OC(CC(=O)OC(C)(C)C)c3nnc(C(C)C)n3-c3ccc(Cl)cc32)c1OC. The summed E-state index contributed by atoms with van der Waals surface area (Å²) in [6, 6.07) is 11.2. The summed E-state index contributed by atoms with van der Waals surface area (Å²) >= 11 is 6.49. The van der Waals surface area contributed by atoms with Crippen molar-refractivity contribution in [2.45, 2.75) is 64.8 Å². The Balaban J connectivity index is 1.94. The van der Waals surface area contributed by atoms with E-state index in [1.165, 1.54) is 0 Å². The molecule has 192 valence electrons. The third kappa shape index (κ3) is 5.06. The second-order valence-corrected chi connectivity index (χ2v) is 10.4. The molecule has 1 aliphatic heterocycles. The minimum atomic E-state index is -0.744. The molecule has 36 heavy (non-hydrogen) atoms. The smallest absolute Gasteiger partial charge is 0.309 e. The molecule has 1 aromatic heterocycles. The fourth-order valence-corrected chi connectivity index (χ4v) is 4.59. The van der Waals surface area contributed by atoms with E-state index in [4.69, 9.17) is 30.5 Å². The molecule has 0 aliphatic carbocycles. The molecule has 0 spiro atoms. The van der Waals surface area contributed by atoms with Crippen molar-refractivity contribution in [2.24, 2.45) is 0 Å². The van der Waals surface area contributed by atoms with Gasteiger partial charge in [-0.15, -0.1) is 10.2 Å². The van der Waals surface area contributed by atoms with Crippen LogP contribution in [0.25, 0.3) is 5.69 Å². The molecule has 0 saturated heterocycles. The fourth-order valence-electron chi connectivity index (χ4n) is 4.41. The molecule has 2 atom stereocenters. The lowest BCUT2D eigenvalue weighted by atomic mass is 9.98. The molecule has 8 nitrogen and oxygen atoms in total. The first kappa shape index (κ1) is 26.0. The molecule has 0 saturated carbocycles. The number of hydrogen-bond donors (Lipinski definition) is 0. The zero-order chi connectivity index (χ0) is 26.2. The summed E-state index contributed by atoms with van der Waals surface area (Å²) in [5.41, 5.74) is 1.72. The highest BCUT2D eigenvalue weighted by Crippen LogP contribution is 2.46. The number of nitrogens with zero attached hydrogens (tertiary/aromatic N) is 3. The van der Waals surface area contributed by atoms with Gasteiger partial charge in [0.2, 0.25) is 0 Å². The molecule has 9 heteroatoms. The number of esters is 1. The maximum atomic E-state index is 13.0. The van der Waals surface area contributed by atoms with Crippen LogP contribution in [0.5, 0.6) is 11.5 Å². The average Bonchev–Trinajstić information content (AvgIpc) is 3.20. The highest BCUT2D eigenvalue weighted by Gasteiger charge is 2.37. The topological polar surface area (TPSA) is 84.7 Å². The number of rotatable bonds is 6. The first-order valence-corrected chi connectivity index (χ1v) is 12.2. The van der Waals surface area contributed by atoms with Crippen molar-refractivity contribution >= 4 is 17.6 Å². The minimum Gasteiger partial charge on any atom is -0.493 e. The van der Waals surface area contributed by atoms with E-state index in [0.29, 0.717) is 22.3 Å². The fraction of sp³-hybridized carbons (Fsp3) is 0.444. The summed E-state index contributed by atoms with van der Waals surface area (Å²) in [6.45, 7) is 9.59. The Labute approximate surface area is 216 Å². The molecule has 0 N–H and O–H groups in total. The molecule has 0 amide bonds. The first-order valence-electron chi connectivity index (χ1n) is 11.9. The predicted octanol–water partition coefficient (Wildman–Crippen LogP) is 5.95. The Hall–Kier alpha value is -3.10. The third-order valence-electron chi connectivity index (χ3n) is 5.82. The van der Waals surface area contributed by atoms with E-state index in [1.54, 1.807) is 14.2 Å². The van der Waals surface area contributed by atoms with Gasteiger partial charge in [0.25, 0.3) is 0 Å². The number of methoxy groups -OCH3 is 2. The van der Waals surface area contributed by atoms with Gasteiger partial charge in [0.15, 0.2) is 17.3 Å². The van der Waals surface area contributed by atoms with Crippen LogP contribution in [-0.2, 0) is 14.3 Å². The molecule has 2 unspecified atom stereocenters. The van der Waals surface area contributed by atoms with Crippen LogP contribution in [0.3, 0.4) is 0 Å². The van der Waals surface area contributed by atoms with Crippen molar-refractivity contribution in [2.75, 3.05) is 14.2 Å². The normalized spacial score (nSPS) is 17.2. The highest BCUT2D eigenvalue weighted by molar-refractivity contribution is 6.30. The van der Waals surface area contributed by atoms with Crippen molar-refractivity contribution in [1.82, 2.24) is 14.8 Å². The lowest BCUT2D eigenvalue weighted by Gasteiger charge is -2.25. The molecule has 1 aliphatic rings. The van der Waals surface area contributed by atoms with E-state index in [0.717, 1.165) is 22.6 Å². The van der Waals surface area contributed by atoms with Gasteiger partial charge >= 0.3 is 5.97 Å². The van der Waals surface area contributed by atoms with Crippen LogP contribution in [0.1, 0.15) is 81.9 Å². The predicted molar refractivity (Wildman–Crippen MR) is 136 cm³/mol. The zero-order valence-corrected chi connectivity index (χ0v) is 22.4. The maximum Gasteiger partial charge on any atom is 0.309 e. The van der Waals surface area contributed by atoms with E-state index in [9.17, 15) is 4.79 Å². The van der Waals surface area contributed by atoms with E-state index in [1.807, 2.05) is 75.6 Å². The molecule has 0 fully saturated rings. The summed E-state index contributed by atoms with van der Waals surface area (Å²) in [5.74, 6) is 2.06. The largest absolute Gasteiger partial charge is 0.493 e. The Morgan fingerprint density at radius 2 is 1.86 bits per heavy atom. The Morgan fingerprint density at radius 3 is 2.50 bits per heavy atom. The lowest BCUT2D eigenvalue weighted by molar-refractivity contribution is -0.159. The van der Waals surface area contributed by atoms with Gasteiger partial charge < -0.3 is 18.9 Å². The number of halogens is 1. The number of carbonyl (C=O) groups is 1. The minimum absolute atomic E-state index is 0.0436. The number of ether oxygens (including phenoxy) is 4. The molecule has 0 bridgehead atoms. The van der Waals surface area contributed by atoms with E-state index in [-0.39, 0.29) is 12.3 Å². The monoisotopic (exact) mass is 513 g/mol. The third-order valence-corrected chi connectivity index (χ3v) is 6.05. The van der Waals surface area contributed by atoms with Crippen LogP contribution in [0, 0.1) is 0 Å². The molecular formula is C27H32ClN3O5. The van der Waals surface area contributed by atoms with Gasteiger partial charge in [-0.2, -0.15) is 0 Å². The van der Waals surface area contributed by atoms with Crippen LogP contribution in [0.15, 0.2) is 36.4 Å². The number of hydrogen-bond acceptors (Lipinski definition) is 7. The summed E-state index contributed by atoms with van der Waals surface area (Å²) in [5, 5.41) is 9.49. The van der Waals surface area contributed by atoms with E-state index >= 15 is 0 Å². The second kappa shape index (κ2) is 10.1. The maximum absolute atomic E-state index is 13.0. The van der Waals surface area contributed by atoms with Crippen molar-refractivity contribution in [3.63, 3.8) is 0 Å². The van der Waals surface area contributed by atoms with Crippen LogP contribution in [0.2, 0.25) is 5.02 Å². The van der Waals surface area contributed by atoms with Crippen molar-refractivity contribution in [3.05, 3.63) is 64.2 Å². The number of benzene rings is 2. The summed E-state index contributed by atoms with van der Waals surface area (Å²) in [7, 11) is 3.17. The number of carbonyl (C=O) groups excluding carboxylic acids is 1. The molecule has 4 rings (SSSR count). The summed E-state index contributed by atoms with van der Waals surface area (Å²) in [4.78, 5) is 13.0. The number of para-hydroxylation sites is 1. The molecule has 2 aromatic carbocycles. The molecule has 2 heterocycles. The van der Waals surface area contributed by atoms with Gasteiger partial charge in [-0.25, -0.2) is 0 Å². The first-order chi connectivity index (χ1) is 17.0. The van der Waals surface area contributed by atoms with Crippen LogP contribution in [-0.4, -0.2) is 40.6 Å². The zero-order valence-electron chi connectivity index (χ0n) is 21.7. The Bertz CT molecular complexity index is 1260. The van der Waals surface area contributed by atoms with Crippen LogP contribution < -0.4 is 9.47 Å². The van der Waals surface area contributed by atoms with Gasteiger partial charge in [0, 0.05) is 22.1 Å². The number of aromatic nitrogens is 3. The van der Waals surface area contributed by atoms with Gasteiger partial charge in [-0.1, -0.05) is 37.6 Å². The summed E-state index contributed by atoms with van der Waals surface area (Å²) < 4.78 is 25.6. The second-order valence-electron chi connectivity index (χ2n) is 9.99. The van der Waals surface area contributed by atoms with E-state index in [2.05, 4.69) is 10.2 Å². The van der Waals surface area contributed by atoms with Crippen LogP contribution in [0.4, 0.5) is 0 Å². The van der Waals surface area contributed by atoms with Gasteiger partial charge in [0.05, 0.1) is 26.3 Å². The average molecular weight is 514 g/mol. The quantitative estimate of drug-likeness (QED) is 0.376. The van der Waals surface area contributed by atoms with Crippen molar-refractivity contribution in [1.29, 1.82) is 0 Å². The van der Waals surface area contributed by atoms with Crippen LogP contribution >= 0.6 is 11.6 Å². The van der Waals surface area contributed by atoms with Gasteiger partial charge in [-0.3, -0.25) is 9.36 Å².